The zero-order chi connectivity index (χ0) is 17.1. The molecule has 3 rings (SSSR count). The van der Waals surface area contributed by atoms with Crippen molar-refractivity contribution in [2.24, 2.45) is 5.92 Å². The number of hydrogen-bond acceptors (Lipinski definition) is 6. The molecule has 0 N–H and O–H groups in total. The van der Waals surface area contributed by atoms with Crippen LogP contribution < -0.4 is 9.80 Å². The van der Waals surface area contributed by atoms with Crippen molar-refractivity contribution < 1.29 is 4.92 Å². The molecule has 7 heteroatoms. The fraction of sp³-hybridized carbons (Fsp3) is 0.765. The molecular formula is C17H27N5O2. The smallest absolute Gasteiger partial charge is 0.351 e. The van der Waals surface area contributed by atoms with Gasteiger partial charge in [-0.05, 0) is 44.4 Å². The average Bonchev–Trinajstić information content (AvgIpc) is 2.61. The van der Waals surface area contributed by atoms with E-state index in [1.807, 2.05) is 0 Å². The van der Waals surface area contributed by atoms with Gasteiger partial charge < -0.3 is 9.80 Å². The Bertz CT molecular complexity index is 586. The lowest BCUT2D eigenvalue weighted by atomic mass is 9.99. The summed E-state index contributed by atoms with van der Waals surface area (Å²) in [6.07, 6.45) is 7.91. The highest BCUT2D eigenvalue weighted by Gasteiger charge is 2.34. The molecule has 24 heavy (non-hydrogen) atoms. The third kappa shape index (κ3) is 3.30. The van der Waals surface area contributed by atoms with Crippen LogP contribution in [0.25, 0.3) is 0 Å². The second kappa shape index (κ2) is 7.32. The quantitative estimate of drug-likeness (QED) is 0.621. The van der Waals surface area contributed by atoms with Gasteiger partial charge in [-0.1, -0.05) is 13.8 Å². The van der Waals surface area contributed by atoms with Gasteiger partial charge in [0.1, 0.15) is 6.33 Å². The van der Waals surface area contributed by atoms with E-state index in [-0.39, 0.29) is 10.6 Å². The molecule has 2 aliphatic rings. The van der Waals surface area contributed by atoms with Gasteiger partial charge in [-0.3, -0.25) is 10.1 Å². The fourth-order valence-corrected chi connectivity index (χ4v) is 3.89. The Kier molecular flexibility index (Phi) is 5.16. The maximum absolute atomic E-state index is 11.9. The maximum Gasteiger partial charge on any atom is 0.353 e. The molecule has 0 aliphatic carbocycles. The summed E-state index contributed by atoms with van der Waals surface area (Å²) in [5.41, 5.74) is 0.0902. The van der Waals surface area contributed by atoms with Crippen molar-refractivity contribution in [3.05, 3.63) is 16.4 Å². The second-order valence-corrected chi connectivity index (χ2v) is 7.05. The monoisotopic (exact) mass is 333 g/mol. The van der Waals surface area contributed by atoms with Crippen molar-refractivity contribution in [1.29, 1.82) is 0 Å². The fourth-order valence-electron chi connectivity index (χ4n) is 3.89. The summed E-state index contributed by atoms with van der Waals surface area (Å²) in [4.78, 5) is 24.4. The molecule has 0 aromatic carbocycles. The second-order valence-electron chi connectivity index (χ2n) is 7.05. The first-order valence-electron chi connectivity index (χ1n) is 9.12. The van der Waals surface area contributed by atoms with E-state index in [1.54, 1.807) is 0 Å². The lowest BCUT2D eigenvalue weighted by Gasteiger charge is -2.36. The van der Waals surface area contributed by atoms with Gasteiger partial charge in [0.05, 0.1) is 4.92 Å². The van der Waals surface area contributed by atoms with Crippen molar-refractivity contribution >= 4 is 17.3 Å². The van der Waals surface area contributed by atoms with E-state index >= 15 is 0 Å². The van der Waals surface area contributed by atoms with Crippen LogP contribution in [0.2, 0.25) is 0 Å². The van der Waals surface area contributed by atoms with Crippen LogP contribution in [-0.2, 0) is 0 Å². The molecule has 0 bridgehead atoms. The molecule has 0 saturated carbocycles. The van der Waals surface area contributed by atoms with E-state index in [1.165, 1.54) is 12.7 Å². The van der Waals surface area contributed by atoms with Crippen LogP contribution in [0.15, 0.2) is 6.33 Å². The van der Waals surface area contributed by atoms with E-state index in [4.69, 9.17) is 0 Å². The maximum atomic E-state index is 11.9. The van der Waals surface area contributed by atoms with Gasteiger partial charge in [-0.25, -0.2) is 9.97 Å². The minimum atomic E-state index is -0.288. The Hall–Kier alpha value is -1.92. The predicted octanol–water partition coefficient (Wildman–Crippen LogP) is 3.39. The molecule has 0 spiro atoms. The van der Waals surface area contributed by atoms with Crippen LogP contribution in [-0.4, -0.2) is 40.6 Å². The van der Waals surface area contributed by atoms with Crippen LogP contribution >= 0.6 is 0 Å². The molecule has 7 nitrogen and oxygen atoms in total. The summed E-state index contributed by atoms with van der Waals surface area (Å²) in [5, 5.41) is 11.9. The van der Waals surface area contributed by atoms with E-state index < -0.39 is 0 Å². The Morgan fingerprint density at radius 3 is 2.54 bits per heavy atom. The Morgan fingerprint density at radius 1 is 1.17 bits per heavy atom. The van der Waals surface area contributed by atoms with Crippen LogP contribution in [0.3, 0.4) is 0 Å². The molecule has 132 valence electrons. The molecule has 1 aromatic heterocycles. The Balaban J connectivity index is 1.97. The lowest BCUT2D eigenvalue weighted by molar-refractivity contribution is -0.383. The Morgan fingerprint density at radius 2 is 1.88 bits per heavy atom. The van der Waals surface area contributed by atoms with Crippen molar-refractivity contribution in [3.8, 4) is 0 Å². The first-order valence-corrected chi connectivity index (χ1v) is 9.12. The number of rotatable bonds is 4. The third-order valence-electron chi connectivity index (χ3n) is 5.42. The summed E-state index contributed by atoms with van der Waals surface area (Å²) >= 11 is 0. The van der Waals surface area contributed by atoms with E-state index in [2.05, 4.69) is 33.6 Å². The highest BCUT2D eigenvalue weighted by Crippen LogP contribution is 2.38. The zero-order valence-corrected chi connectivity index (χ0v) is 14.6. The zero-order valence-electron chi connectivity index (χ0n) is 14.6. The van der Waals surface area contributed by atoms with E-state index in [9.17, 15) is 10.1 Å². The summed E-state index contributed by atoms with van der Waals surface area (Å²) in [7, 11) is 0. The molecule has 1 aromatic rings. The third-order valence-corrected chi connectivity index (χ3v) is 5.42. The van der Waals surface area contributed by atoms with Gasteiger partial charge in [0, 0.05) is 25.7 Å². The van der Waals surface area contributed by atoms with Crippen molar-refractivity contribution in [2.45, 2.75) is 58.4 Å². The van der Waals surface area contributed by atoms with Gasteiger partial charge in [0.25, 0.3) is 0 Å². The van der Waals surface area contributed by atoms with Gasteiger partial charge in [-0.15, -0.1) is 0 Å². The lowest BCUT2D eigenvalue weighted by Crippen LogP contribution is -2.40. The van der Waals surface area contributed by atoms with Gasteiger partial charge in [-0.2, -0.15) is 0 Å². The SMILES string of the molecule is CCC1CCCCN1c1ncnc(N2CCC(C)CC2)c1[N+](=O)[O-]. The minimum Gasteiger partial charge on any atom is -0.351 e. The molecule has 3 heterocycles. The molecule has 0 radical (unpaired) electrons. The highest BCUT2D eigenvalue weighted by molar-refractivity contribution is 5.71. The number of nitrogens with zero attached hydrogens (tertiary/aromatic N) is 5. The van der Waals surface area contributed by atoms with E-state index in [0.29, 0.717) is 23.6 Å². The molecule has 2 saturated heterocycles. The largest absolute Gasteiger partial charge is 0.353 e. The molecule has 2 fully saturated rings. The molecule has 0 amide bonds. The number of nitro groups is 1. The number of hydrogen-bond donors (Lipinski definition) is 0. The number of piperidine rings is 2. The van der Waals surface area contributed by atoms with Crippen LogP contribution in [0, 0.1) is 16.0 Å². The number of aromatic nitrogens is 2. The van der Waals surface area contributed by atoms with Gasteiger partial charge >= 0.3 is 5.69 Å². The van der Waals surface area contributed by atoms with Crippen LogP contribution in [0.4, 0.5) is 17.3 Å². The normalized spacial score (nSPS) is 22.7. The first-order chi connectivity index (χ1) is 11.6. The van der Waals surface area contributed by atoms with Crippen molar-refractivity contribution in [1.82, 2.24) is 9.97 Å². The molecule has 1 unspecified atom stereocenters. The standard InChI is InChI=1S/C17H27N5O2/c1-3-14-6-4-5-9-21(14)17-15(22(23)24)16(18-12-19-17)20-10-7-13(2)8-11-20/h12-14H,3-11H2,1-2H3. The van der Waals surface area contributed by atoms with Crippen molar-refractivity contribution in [2.75, 3.05) is 29.4 Å². The first kappa shape index (κ1) is 16.9. The van der Waals surface area contributed by atoms with Gasteiger partial charge in [0.15, 0.2) is 0 Å². The van der Waals surface area contributed by atoms with E-state index in [0.717, 1.165) is 51.7 Å². The highest BCUT2D eigenvalue weighted by atomic mass is 16.6. The van der Waals surface area contributed by atoms with Crippen LogP contribution in [0.5, 0.6) is 0 Å². The predicted molar refractivity (Wildman–Crippen MR) is 94.6 cm³/mol. The van der Waals surface area contributed by atoms with Gasteiger partial charge in [0.2, 0.25) is 11.6 Å². The Labute approximate surface area is 143 Å². The summed E-state index contributed by atoms with van der Waals surface area (Å²) in [5.74, 6) is 1.68. The van der Waals surface area contributed by atoms with Crippen LogP contribution in [0.1, 0.15) is 52.4 Å². The average molecular weight is 333 g/mol. The molecule has 2 aliphatic heterocycles. The molecule has 1 atom stereocenters. The summed E-state index contributed by atoms with van der Waals surface area (Å²) < 4.78 is 0. The minimum absolute atomic E-state index is 0.0902. The number of anilines is 2. The summed E-state index contributed by atoms with van der Waals surface area (Å²) in [6.45, 7) is 6.87. The van der Waals surface area contributed by atoms with Crippen molar-refractivity contribution in [3.63, 3.8) is 0 Å². The molecular weight excluding hydrogens is 306 g/mol. The summed E-state index contributed by atoms with van der Waals surface area (Å²) in [6, 6.07) is 0.335. The topological polar surface area (TPSA) is 75.4 Å².